The molecule has 8 heteroatoms. The number of halogens is 2. The Morgan fingerprint density at radius 3 is 2.52 bits per heavy atom. The topological polar surface area (TPSA) is 75.7 Å². The van der Waals surface area contributed by atoms with Crippen molar-refractivity contribution in [3.63, 3.8) is 0 Å². The number of amides is 4. The third-order valence-corrected chi connectivity index (χ3v) is 5.48. The summed E-state index contributed by atoms with van der Waals surface area (Å²) in [6.07, 6.45) is 1.34. The number of ether oxygens (including phenoxy) is 1. The Balaban J connectivity index is 1.66. The normalized spacial score (nSPS) is 15.1. The van der Waals surface area contributed by atoms with Crippen LogP contribution in [-0.2, 0) is 16.2 Å². The third-order valence-electron chi connectivity index (χ3n) is 5.08. The Labute approximate surface area is 194 Å². The second-order valence-corrected chi connectivity index (χ2v) is 7.72. The summed E-state index contributed by atoms with van der Waals surface area (Å²) in [5, 5.41) is 2.55. The molecule has 1 saturated heterocycles. The van der Waals surface area contributed by atoms with Gasteiger partial charge in [-0.2, -0.15) is 0 Å². The molecule has 0 unspecified atom stereocenters. The minimum absolute atomic E-state index is 0.0422. The molecule has 166 valence electrons. The van der Waals surface area contributed by atoms with Crippen LogP contribution >= 0.6 is 11.6 Å². The molecule has 1 N–H and O–H groups in total. The molecule has 1 fully saturated rings. The number of hydrogen-bond acceptors (Lipinski definition) is 4. The average Bonchev–Trinajstić information content (AvgIpc) is 2.79. The molecule has 4 rings (SSSR count). The van der Waals surface area contributed by atoms with Crippen LogP contribution in [0.4, 0.5) is 14.9 Å². The van der Waals surface area contributed by atoms with E-state index in [9.17, 15) is 18.8 Å². The highest BCUT2D eigenvalue weighted by Gasteiger charge is 2.37. The Kier molecular flexibility index (Phi) is 6.24. The lowest BCUT2D eigenvalue weighted by Crippen LogP contribution is -2.54. The quantitative estimate of drug-likeness (QED) is 0.424. The lowest BCUT2D eigenvalue weighted by atomic mass is 10.1. The predicted octanol–water partition coefficient (Wildman–Crippen LogP) is 5.03. The molecule has 0 atom stereocenters. The molecule has 3 aromatic carbocycles. The summed E-state index contributed by atoms with van der Waals surface area (Å²) < 4.78 is 19.7. The number of para-hydroxylation sites is 1. The van der Waals surface area contributed by atoms with Crippen molar-refractivity contribution in [1.29, 1.82) is 0 Å². The van der Waals surface area contributed by atoms with Crippen molar-refractivity contribution in [3.8, 4) is 5.75 Å². The minimum Gasteiger partial charge on any atom is -0.488 e. The zero-order valence-electron chi connectivity index (χ0n) is 17.5. The van der Waals surface area contributed by atoms with Gasteiger partial charge in [0.25, 0.3) is 11.8 Å². The number of hydrogen-bond donors (Lipinski definition) is 1. The number of benzene rings is 3. The first-order chi connectivity index (χ1) is 15.8. The molecule has 0 spiro atoms. The number of aryl methyl sites for hydroxylation is 1. The first-order valence-corrected chi connectivity index (χ1v) is 10.4. The van der Waals surface area contributed by atoms with Crippen LogP contribution < -0.4 is 15.0 Å². The number of carbonyl (C=O) groups is 3. The first kappa shape index (κ1) is 22.2. The highest BCUT2D eigenvalue weighted by atomic mass is 35.5. The van der Waals surface area contributed by atoms with Gasteiger partial charge in [-0.1, -0.05) is 54.1 Å². The van der Waals surface area contributed by atoms with Gasteiger partial charge in [0.1, 0.15) is 23.7 Å². The molecule has 6 nitrogen and oxygen atoms in total. The monoisotopic (exact) mass is 464 g/mol. The summed E-state index contributed by atoms with van der Waals surface area (Å²) >= 11 is 6.15. The van der Waals surface area contributed by atoms with E-state index in [0.29, 0.717) is 21.9 Å². The van der Waals surface area contributed by atoms with Crippen LogP contribution in [0, 0.1) is 12.7 Å². The van der Waals surface area contributed by atoms with Crippen LogP contribution in [0.3, 0.4) is 0 Å². The van der Waals surface area contributed by atoms with E-state index < -0.39 is 23.7 Å². The molecule has 0 bridgehead atoms. The van der Waals surface area contributed by atoms with E-state index >= 15 is 0 Å². The second kappa shape index (κ2) is 9.26. The van der Waals surface area contributed by atoms with Crippen LogP contribution in [0.15, 0.2) is 72.3 Å². The standard InChI is InChI=1S/C25H18ClFN2O4/c1-15-10-11-18(13-20(15)26)29-24(31)19(23(30)28-25(29)32)12-16-6-3-5-9-22(16)33-14-17-7-2-4-8-21(17)27/h2-13H,14H2,1H3,(H,28,30,32)/b19-12-. The molecular weight excluding hydrogens is 447 g/mol. The Hall–Kier alpha value is -3.97. The van der Waals surface area contributed by atoms with Gasteiger partial charge in [0, 0.05) is 16.1 Å². The van der Waals surface area contributed by atoms with Crippen molar-refractivity contribution in [2.75, 3.05) is 4.90 Å². The summed E-state index contributed by atoms with van der Waals surface area (Å²) in [6.45, 7) is 1.75. The number of imide groups is 2. The zero-order chi connectivity index (χ0) is 23.5. The van der Waals surface area contributed by atoms with Crippen LogP contribution in [0.2, 0.25) is 5.02 Å². The van der Waals surface area contributed by atoms with Gasteiger partial charge in [0.15, 0.2) is 0 Å². The molecule has 1 aliphatic heterocycles. The molecule has 1 heterocycles. The van der Waals surface area contributed by atoms with Gasteiger partial charge >= 0.3 is 6.03 Å². The van der Waals surface area contributed by atoms with Gasteiger partial charge in [-0.3, -0.25) is 14.9 Å². The summed E-state index contributed by atoms with van der Waals surface area (Å²) in [6, 6.07) is 16.8. The minimum atomic E-state index is -0.869. The predicted molar refractivity (Wildman–Crippen MR) is 122 cm³/mol. The van der Waals surface area contributed by atoms with Gasteiger partial charge < -0.3 is 4.74 Å². The highest BCUT2D eigenvalue weighted by Crippen LogP contribution is 2.28. The lowest BCUT2D eigenvalue weighted by Gasteiger charge is -2.26. The number of urea groups is 1. The first-order valence-electron chi connectivity index (χ1n) is 9.98. The van der Waals surface area contributed by atoms with E-state index in [1.54, 1.807) is 61.5 Å². The fourth-order valence-electron chi connectivity index (χ4n) is 3.27. The Bertz CT molecular complexity index is 1310. The molecule has 3 aromatic rings. The molecule has 0 aliphatic carbocycles. The van der Waals surface area contributed by atoms with Gasteiger partial charge in [0.2, 0.25) is 0 Å². The Morgan fingerprint density at radius 1 is 1.03 bits per heavy atom. The van der Waals surface area contributed by atoms with Crippen molar-refractivity contribution >= 4 is 41.2 Å². The maximum atomic E-state index is 13.9. The van der Waals surface area contributed by atoms with Crippen molar-refractivity contribution in [2.45, 2.75) is 13.5 Å². The number of rotatable bonds is 5. The zero-order valence-corrected chi connectivity index (χ0v) is 18.2. The number of carbonyl (C=O) groups excluding carboxylic acids is 3. The molecule has 4 amide bonds. The van der Waals surface area contributed by atoms with E-state index in [0.717, 1.165) is 10.5 Å². The van der Waals surface area contributed by atoms with E-state index in [-0.39, 0.29) is 17.9 Å². The van der Waals surface area contributed by atoms with Crippen LogP contribution in [-0.4, -0.2) is 17.8 Å². The van der Waals surface area contributed by atoms with Crippen molar-refractivity contribution in [2.24, 2.45) is 0 Å². The fraction of sp³-hybridized carbons (Fsp3) is 0.0800. The summed E-state index contributed by atoms with van der Waals surface area (Å²) in [5.74, 6) is -1.69. The third kappa shape index (κ3) is 4.63. The van der Waals surface area contributed by atoms with Crippen molar-refractivity contribution < 1.29 is 23.5 Å². The van der Waals surface area contributed by atoms with Gasteiger partial charge in [-0.15, -0.1) is 0 Å². The van der Waals surface area contributed by atoms with Crippen molar-refractivity contribution in [1.82, 2.24) is 5.32 Å². The molecular formula is C25H18ClFN2O4. The van der Waals surface area contributed by atoms with Crippen LogP contribution in [0.25, 0.3) is 6.08 Å². The van der Waals surface area contributed by atoms with E-state index in [2.05, 4.69) is 5.32 Å². The van der Waals surface area contributed by atoms with Gasteiger partial charge in [0.05, 0.1) is 5.69 Å². The number of barbiturate groups is 1. The second-order valence-electron chi connectivity index (χ2n) is 7.31. The van der Waals surface area contributed by atoms with Crippen molar-refractivity contribution in [3.05, 3.63) is 99.8 Å². The number of nitrogens with zero attached hydrogens (tertiary/aromatic N) is 1. The summed E-state index contributed by atoms with van der Waals surface area (Å²) in [5.41, 5.74) is 1.53. The molecule has 1 aliphatic rings. The Morgan fingerprint density at radius 2 is 1.76 bits per heavy atom. The largest absolute Gasteiger partial charge is 0.488 e. The smallest absolute Gasteiger partial charge is 0.335 e. The summed E-state index contributed by atoms with van der Waals surface area (Å²) in [4.78, 5) is 38.9. The average molecular weight is 465 g/mol. The van der Waals surface area contributed by atoms with Crippen LogP contribution in [0.1, 0.15) is 16.7 Å². The number of nitrogens with one attached hydrogen (secondary N) is 1. The van der Waals surface area contributed by atoms with Crippen LogP contribution in [0.5, 0.6) is 5.75 Å². The van der Waals surface area contributed by atoms with Gasteiger partial charge in [-0.05, 0) is 42.8 Å². The SMILES string of the molecule is Cc1ccc(N2C(=O)NC(=O)/C(=C/c3ccccc3OCc3ccccc3F)C2=O)cc1Cl. The molecule has 0 radical (unpaired) electrons. The summed E-state index contributed by atoms with van der Waals surface area (Å²) in [7, 11) is 0. The van der Waals surface area contributed by atoms with E-state index in [4.69, 9.17) is 16.3 Å². The number of anilines is 1. The molecule has 0 saturated carbocycles. The maximum Gasteiger partial charge on any atom is 0.335 e. The molecule has 0 aromatic heterocycles. The van der Waals surface area contributed by atoms with Gasteiger partial charge in [-0.25, -0.2) is 14.1 Å². The van der Waals surface area contributed by atoms with E-state index in [1.165, 1.54) is 18.2 Å². The highest BCUT2D eigenvalue weighted by molar-refractivity contribution is 6.39. The fourth-order valence-corrected chi connectivity index (χ4v) is 3.45. The maximum absolute atomic E-state index is 13.9. The lowest BCUT2D eigenvalue weighted by molar-refractivity contribution is -0.122. The van der Waals surface area contributed by atoms with E-state index in [1.807, 2.05) is 0 Å². The molecule has 33 heavy (non-hydrogen) atoms.